The molecule has 1 N–H and O–H groups in total. The zero-order chi connectivity index (χ0) is 13.8. The molecule has 3 nitrogen and oxygen atoms in total. The predicted molar refractivity (Wildman–Crippen MR) is 76.4 cm³/mol. The lowest BCUT2D eigenvalue weighted by Gasteiger charge is -2.19. The van der Waals surface area contributed by atoms with Crippen molar-refractivity contribution in [3.05, 3.63) is 29.3 Å². The molecule has 1 fully saturated rings. The maximum atomic E-state index is 12.1. The molecule has 1 amide bonds. The molecule has 0 aliphatic heterocycles. The predicted octanol–water partition coefficient (Wildman–Crippen LogP) is 3.13. The van der Waals surface area contributed by atoms with Gasteiger partial charge in [-0.05, 0) is 50.8 Å². The van der Waals surface area contributed by atoms with Crippen LogP contribution in [0, 0.1) is 13.8 Å². The number of benzene rings is 1. The van der Waals surface area contributed by atoms with E-state index in [1.807, 2.05) is 39.0 Å². The van der Waals surface area contributed by atoms with Gasteiger partial charge in [0.1, 0.15) is 5.75 Å². The molecule has 19 heavy (non-hydrogen) atoms. The van der Waals surface area contributed by atoms with E-state index in [-0.39, 0.29) is 5.91 Å². The number of carbonyl (C=O) groups is 1. The van der Waals surface area contributed by atoms with Gasteiger partial charge in [-0.2, -0.15) is 0 Å². The Balaban J connectivity index is 1.94. The van der Waals surface area contributed by atoms with Gasteiger partial charge in [-0.1, -0.05) is 25.0 Å². The standard InChI is InChI=1S/C16H23NO2/c1-11-7-6-10-15(12(11)2)19-13(3)16(18)17-14-8-4-5-9-14/h6-7,10,13-14H,4-5,8-9H2,1-3H3,(H,17,18). The number of hydrogen-bond acceptors (Lipinski definition) is 2. The first-order valence-corrected chi connectivity index (χ1v) is 7.11. The summed E-state index contributed by atoms with van der Waals surface area (Å²) in [5.41, 5.74) is 2.28. The molecule has 3 heteroatoms. The van der Waals surface area contributed by atoms with E-state index in [4.69, 9.17) is 4.74 Å². The van der Waals surface area contributed by atoms with Crippen LogP contribution >= 0.6 is 0 Å². The van der Waals surface area contributed by atoms with Crippen LogP contribution < -0.4 is 10.1 Å². The van der Waals surface area contributed by atoms with Crippen molar-refractivity contribution in [1.29, 1.82) is 0 Å². The van der Waals surface area contributed by atoms with E-state index in [1.54, 1.807) is 0 Å². The lowest BCUT2D eigenvalue weighted by Crippen LogP contribution is -2.41. The molecule has 0 heterocycles. The third kappa shape index (κ3) is 3.49. The minimum Gasteiger partial charge on any atom is -0.481 e. The van der Waals surface area contributed by atoms with Crippen molar-refractivity contribution in [2.45, 2.75) is 58.6 Å². The Morgan fingerprint density at radius 1 is 1.32 bits per heavy atom. The molecule has 104 valence electrons. The summed E-state index contributed by atoms with van der Waals surface area (Å²) in [4.78, 5) is 12.1. The van der Waals surface area contributed by atoms with Gasteiger partial charge in [0.05, 0.1) is 0 Å². The lowest BCUT2D eigenvalue weighted by atomic mass is 10.1. The molecule has 2 rings (SSSR count). The van der Waals surface area contributed by atoms with Gasteiger partial charge in [0.25, 0.3) is 5.91 Å². The van der Waals surface area contributed by atoms with Gasteiger partial charge in [-0.3, -0.25) is 4.79 Å². The van der Waals surface area contributed by atoms with Crippen molar-refractivity contribution >= 4 is 5.91 Å². The molecule has 0 saturated heterocycles. The van der Waals surface area contributed by atoms with Gasteiger partial charge >= 0.3 is 0 Å². The zero-order valence-electron chi connectivity index (χ0n) is 12.0. The molecule has 1 saturated carbocycles. The summed E-state index contributed by atoms with van der Waals surface area (Å²) in [5.74, 6) is 0.793. The Morgan fingerprint density at radius 2 is 2.00 bits per heavy atom. The van der Waals surface area contributed by atoms with Gasteiger partial charge in [-0.25, -0.2) is 0 Å². The fourth-order valence-electron chi connectivity index (χ4n) is 2.48. The van der Waals surface area contributed by atoms with E-state index in [9.17, 15) is 4.79 Å². The van der Waals surface area contributed by atoms with Crippen LogP contribution in [0.2, 0.25) is 0 Å². The first-order chi connectivity index (χ1) is 9.08. The molecule has 1 atom stereocenters. The van der Waals surface area contributed by atoms with Crippen LogP contribution in [0.25, 0.3) is 0 Å². The minimum absolute atomic E-state index is 0.00666. The van der Waals surface area contributed by atoms with Crippen LogP contribution in [0.5, 0.6) is 5.75 Å². The Labute approximate surface area is 115 Å². The highest BCUT2D eigenvalue weighted by Crippen LogP contribution is 2.22. The molecule has 0 spiro atoms. The summed E-state index contributed by atoms with van der Waals surface area (Å²) >= 11 is 0. The van der Waals surface area contributed by atoms with Gasteiger partial charge < -0.3 is 10.1 Å². The van der Waals surface area contributed by atoms with Crippen molar-refractivity contribution in [1.82, 2.24) is 5.32 Å². The fraction of sp³-hybridized carbons (Fsp3) is 0.562. The number of carbonyl (C=O) groups excluding carboxylic acids is 1. The summed E-state index contributed by atoms with van der Waals surface area (Å²) in [6.45, 7) is 5.88. The number of amides is 1. The smallest absolute Gasteiger partial charge is 0.260 e. The Kier molecular flexibility index (Phi) is 4.46. The highest BCUT2D eigenvalue weighted by Gasteiger charge is 2.22. The van der Waals surface area contributed by atoms with Gasteiger partial charge in [0.15, 0.2) is 6.10 Å². The average molecular weight is 261 g/mol. The molecule has 1 aliphatic carbocycles. The van der Waals surface area contributed by atoms with E-state index in [1.165, 1.54) is 18.4 Å². The van der Waals surface area contributed by atoms with E-state index in [2.05, 4.69) is 5.32 Å². The summed E-state index contributed by atoms with van der Waals surface area (Å²) in [5, 5.41) is 3.07. The van der Waals surface area contributed by atoms with Crippen molar-refractivity contribution in [2.75, 3.05) is 0 Å². The second kappa shape index (κ2) is 6.09. The fourth-order valence-corrected chi connectivity index (χ4v) is 2.48. The maximum absolute atomic E-state index is 12.1. The van der Waals surface area contributed by atoms with E-state index in [0.29, 0.717) is 6.04 Å². The third-order valence-electron chi connectivity index (χ3n) is 3.93. The number of rotatable bonds is 4. The van der Waals surface area contributed by atoms with E-state index < -0.39 is 6.10 Å². The first-order valence-electron chi connectivity index (χ1n) is 7.11. The summed E-state index contributed by atoms with van der Waals surface area (Å²) in [6, 6.07) is 6.27. The van der Waals surface area contributed by atoms with Crippen LogP contribution in [0.4, 0.5) is 0 Å². The van der Waals surface area contributed by atoms with Crippen molar-refractivity contribution < 1.29 is 9.53 Å². The SMILES string of the molecule is Cc1cccc(OC(C)C(=O)NC2CCCC2)c1C. The lowest BCUT2D eigenvalue weighted by molar-refractivity contribution is -0.127. The molecule has 0 radical (unpaired) electrons. The zero-order valence-corrected chi connectivity index (χ0v) is 12.0. The molecular formula is C16H23NO2. The van der Waals surface area contributed by atoms with Gasteiger partial charge in [0, 0.05) is 6.04 Å². The van der Waals surface area contributed by atoms with E-state index in [0.717, 1.165) is 24.2 Å². The van der Waals surface area contributed by atoms with Crippen molar-refractivity contribution in [3.63, 3.8) is 0 Å². The van der Waals surface area contributed by atoms with Crippen molar-refractivity contribution in [2.24, 2.45) is 0 Å². The maximum Gasteiger partial charge on any atom is 0.260 e. The van der Waals surface area contributed by atoms with Crippen LogP contribution in [-0.2, 0) is 4.79 Å². The summed E-state index contributed by atoms with van der Waals surface area (Å²) in [6.07, 6.45) is 4.19. The van der Waals surface area contributed by atoms with Crippen molar-refractivity contribution in [3.8, 4) is 5.75 Å². The Bertz CT molecular complexity index is 450. The van der Waals surface area contributed by atoms with Gasteiger partial charge in [-0.15, -0.1) is 0 Å². The number of ether oxygens (including phenoxy) is 1. The largest absolute Gasteiger partial charge is 0.481 e. The number of hydrogen-bond donors (Lipinski definition) is 1. The monoisotopic (exact) mass is 261 g/mol. The quantitative estimate of drug-likeness (QED) is 0.904. The van der Waals surface area contributed by atoms with Crippen LogP contribution in [-0.4, -0.2) is 18.1 Å². The average Bonchev–Trinajstić information content (AvgIpc) is 2.87. The third-order valence-corrected chi connectivity index (χ3v) is 3.93. The second-order valence-corrected chi connectivity index (χ2v) is 5.45. The molecule has 1 aliphatic rings. The first kappa shape index (κ1) is 13.9. The van der Waals surface area contributed by atoms with Gasteiger partial charge in [0.2, 0.25) is 0 Å². The van der Waals surface area contributed by atoms with Crippen LogP contribution in [0.1, 0.15) is 43.7 Å². The molecular weight excluding hydrogens is 238 g/mol. The normalized spacial score (nSPS) is 17.2. The minimum atomic E-state index is -0.443. The second-order valence-electron chi connectivity index (χ2n) is 5.45. The highest BCUT2D eigenvalue weighted by molar-refractivity contribution is 5.81. The van der Waals surface area contributed by atoms with Crippen LogP contribution in [0.15, 0.2) is 18.2 Å². The Morgan fingerprint density at radius 3 is 2.68 bits per heavy atom. The molecule has 0 bridgehead atoms. The molecule has 1 aromatic rings. The summed E-state index contributed by atoms with van der Waals surface area (Å²) < 4.78 is 5.79. The van der Waals surface area contributed by atoms with E-state index >= 15 is 0 Å². The number of aryl methyl sites for hydroxylation is 1. The molecule has 0 aromatic heterocycles. The molecule has 1 aromatic carbocycles. The van der Waals surface area contributed by atoms with Crippen LogP contribution in [0.3, 0.4) is 0 Å². The molecule has 1 unspecified atom stereocenters. The highest BCUT2D eigenvalue weighted by atomic mass is 16.5. The number of nitrogens with one attached hydrogen (secondary N) is 1. The topological polar surface area (TPSA) is 38.3 Å². The Hall–Kier alpha value is -1.51. The summed E-state index contributed by atoms with van der Waals surface area (Å²) in [7, 11) is 0.